The van der Waals surface area contributed by atoms with Crippen LogP contribution in [0.2, 0.25) is 0 Å². The third kappa shape index (κ3) is 4.34. The molecule has 0 aromatic carbocycles. The molecule has 1 rings (SSSR count). The van der Waals surface area contributed by atoms with Crippen LogP contribution in [-0.4, -0.2) is 27.6 Å². The van der Waals surface area contributed by atoms with E-state index >= 15 is 0 Å². The molecule has 0 spiro atoms. The van der Waals surface area contributed by atoms with Gasteiger partial charge in [0.1, 0.15) is 6.54 Å². The third-order valence-electron chi connectivity index (χ3n) is 3.13. The lowest BCUT2D eigenvalue weighted by Gasteiger charge is -2.17. The van der Waals surface area contributed by atoms with Gasteiger partial charge in [-0.1, -0.05) is 19.8 Å². The maximum absolute atomic E-state index is 11.9. The standard InChI is InChI=1S/C13H22N4O3/c1-3-4-5-10(8-14)15-11(18)9-17-7-6-12(19)16(2)13(17)20/h6-7,10H,3-5,8-9,14H2,1-2H3,(H,15,18). The molecule has 3 N–H and O–H groups in total. The van der Waals surface area contributed by atoms with Crippen LogP contribution in [0.15, 0.2) is 21.9 Å². The molecule has 0 saturated heterocycles. The van der Waals surface area contributed by atoms with Crippen LogP contribution in [0, 0.1) is 0 Å². The molecule has 0 radical (unpaired) electrons. The van der Waals surface area contributed by atoms with Crippen molar-refractivity contribution in [1.82, 2.24) is 14.5 Å². The minimum absolute atomic E-state index is 0.0781. The number of unbranched alkanes of at least 4 members (excludes halogenated alkanes) is 1. The number of carbonyl (C=O) groups is 1. The largest absolute Gasteiger partial charge is 0.351 e. The van der Waals surface area contributed by atoms with E-state index in [1.807, 2.05) is 0 Å². The summed E-state index contributed by atoms with van der Waals surface area (Å²) in [4.78, 5) is 34.9. The van der Waals surface area contributed by atoms with Gasteiger partial charge in [-0.3, -0.25) is 18.7 Å². The summed E-state index contributed by atoms with van der Waals surface area (Å²) in [6.45, 7) is 2.32. The highest BCUT2D eigenvalue weighted by atomic mass is 16.2. The minimum atomic E-state index is -0.509. The molecule has 0 bridgehead atoms. The van der Waals surface area contributed by atoms with E-state index < -0.39 is 11.2 Å². The van der Waals surface area contributed by atoms with E-state index in [0.717, 1.165) is 23.8 Å². The van der Waals surface area contributed by atoms with Crippen molar-refractivity contribution in [2.75, 3.05) is 6.54 Å². The number of nitrogens with two attached hydrogens (primary N) is 1. The van der Waals surface area contributed by atoms with E-state index in [4.69, 9.17) is 5.73 Å². The Hall–Kier alpha value is -1.89. The van der Waals surface area contributed by atoms with Crippen LogP contribution in [0.5, 0.6) is 0 Å². The molecule has 7 nitrogen and oxygen atoms in total. The van der Waals surface area contributed by atoms with Gasteiger partial charge in [-0.15, -0.1) is 0 Å². The monoisotopic (exact) mass is 282 g/mol. The van der Waals surface area contributed by atoms with E-state index in [1.165, 1.54) is 23.9 Å². The van der Waals surface area contributed by atoms with Gasteiger partial charge < -0.3 is 11.1 Å². The Balaban J connectivity index is 2.69. The molecule has 7 heteroatoms. The Kier molecular flexibility index (Phi) is 6.17. The fourth-order valence-corrected chi connectivity index (χ4v) is 1.86. The summed E-state index contributed by atoms with van der Waals surface area (Å²) >= 11 is 0. The number of hydrogen-bond donors (Lipinski definition) is 2. The summed E-state index contributed by atoms with van der Waals surface area (Å²) in [6, 6.07) is 1.18. The number of amides is 1. The zero-order valence-corrected chi connectivity index (χ0v) is 12.0. The van der Waals surface area contributed by atoms with Crippen LogP contribution in [0.1, 0.15) is 26.2 Å². The molecule has 1 aromatic heterocycles. The molecule has 0 fully saturated rings. The number of carbonyl (C=O) groups excluding carboxylic acids is 1. The Morgan fingerprint density at radius 2 is 2.15 bits per heavy atom. The Bertz CT molecular complexity index is 561. The van der Waals surface area contributed by atoms with Crippen molar-refractivity contribution in [2.45, 2.75) is 38.8 Å². The molecular weight excluding hydrogens is 260 g/mol. The summed E-state index contributed by atoms with van der Waals surface area (Å²) < 4.78 is 2.16. The van der Waals surface area contributed by atoms with Crippen LogP contribution >= 0.6 is 0 Å². The van der Waals surface area contributed by atoms with Crippen molar-refractivity contribution in [3.63, 3.8) is 0 Å². The summed E-state index contributed by atoms with van der Waals surface area (Å²) in [7, 11) is 1.38. The second-order valence-corrected chi connectivity index (χ2v) is 4.77. The first-order chi connectivity index (χ1) is 9.49. The van der Waals surface area contributed by atoms with Gasteiger partial charge >= 0.3 is 5.69 Å². The number of nitrogens with one attached hydrogen (secondary N) is 1. The first-order valence-electron chi connectivity index (χ1n) is 6.75. The summed E-state index contributed by atoms with van der Waals surface area (Å²) in [5.41, 5.74) is 4.70. The van der Waals surface area contributed by atoms with Crippen molar-refractivity contribution in [2.24, 2.45) is 12.8 Å². The predicted molar refractivity (Wildman–Crippen MR) is 76.5 cm³/mol. The molecule has 112 valence electrons. The lowest BCUT2D eigenvalue weighted by Crippen LogP contribution is -2.44. The van der Waals surface area contributed by atoms with Crippen molar-refractivity contribution in [3.8, 4) is 0 Å². The molecule has 0 aliphatic carbocycles. The molecule has 20 heavy (non-hydrogen) atoms. The fraction of sp³-hybridized carbons (Fsp3) is 0.615. The molecule has 1 unspecified atom stereocenters. The maximum Gasteiger partial charge on any atom is 0.331 e. The lowest BCUT2D eigenvalue weighted by molar-refractivity contribution is -0.122. The first kappa shape index (κ1) is 16.2. The zero-order chi connectivity index (χ0) is 15.1. The van der Waals surface area contributed by atoms with Crippen LogP contribution in [-0.2, 0) is 18.4 Å². The lowest BCUT2D eigenvalue weighted by atomic mass is 10.1. The maximum atomic E-state index is 11.9. The average molecular weight is 282 g/mol. The topological polar surface area (TPSA) is 99.1 Å². The SMILES string of the molecule is CCCCC(CN)NC(=O)Cn1ccc(=O)n(C)c1=O. The van der Waals surface area contributed by atoms with Crippen molar-refractivity contribution in [3.05, 3.63) is 33.1 Å². The van der Waals surface area contributed by atoms with Gasteiger partial charge in [0.2, 0.25) is 5.91 Å². The van der Waals surface area contributed by atoms with Crippen LogP contribution < -0.4 is 22.3 Å². The molecule has 0 aliphatic heterocycles. The van der Waals surface area contributed by atoms with E-state index in [-0.39, 0.29) is 18.5 Å². The van der Waals surface area contributed by atoms with Gasteiger partial charge in [0.05, 0.1) is 0 Å². The smallest absolute Gasteiger partial charge is 0.331 e. The van der Waals surface area contributed by atoms with Gasteiger partial charge in [0, 0.05) is 31.9 Å². The number of nitrogens with zero attached hydrogens (tertiary/aromatic N) is 2. The predicted octanol–water partition coefficient (Wildman–Crippen LogP) is -0.819. The van der Waals surface area contributed by atoms with Crippen LogP contribution in [0.3, 0.4) is 0 Å². The average Bonchev–Trinajstić information content (AvgIpc) is 2.44. The third-order valence-corrected chi connectivity index (χ3v) is 3.13. The highest BCUT2D eigenvalue weighted by molar-refractivity contribution is 5.76. The quantitative estimate of drug-likeness (QED) is 0.682. The van der Waals surface area contributed by atoms with Crippen LogP contribution in [0.4, 0.5) is 0 Å². The number of rotatable bonds is 7. The second-order valence-electron chi connectivity index (χ2n) is 4.77. The number of hydrogen-bond acceptors (Lipinski definition) is 4. The normalized spacial score (nSPS) is 12.2. The molecule has 0 aliphatic rings. The molecule has 1 amide bonds. The first-order valence-corrected chi connectivity index (χ1v) is 6.75. The minimum Gasteiger partial charge on any atom is -0.351 e. The number of aromatic nitrogens is 2. The summed E-state index contributed by atoms with van der Waals surface area (Å²) in [5.74, 6) is -0.280. The van der Waals surface area contributed by atoms with Crippen molar-refractivity contribution in [1.29, 1.82) is 0 Å². The Labute approximate surface area is 117 Å². The van der Waals surface area contributed by atoms with Gasteiger partial charge in [-0.25, -0.2) is 4.79 Å². The van der Waals surface area contributed by atoms with Gasteiger partial charge in [-0.2, -0.15) is 0 Å². The van der Waals surface area contributed by atoms with Crippen molar-refractivity contribution < 1.29 is 4.79 Å². The van der Waals surface area contributed by atoms with Gasteiger partial charge in [-0.05, 0) is 6.42 Å². The zero-order valence-electron chi connectivity index (χ0n) is 12.0. The van der Waals surface area contributed by atoms with Crippen molar-refractivity contribution >= 4 is 5.91 Å². The molecule has 1 atom stereocenters. The van der Waals surface area contributed by atoms with E-state index in [9.17, 15) is 14.4 Å². The Morgan fingerprint density at radius 1 is 1.45 bits per heavy atom. The molecule has 1 heterocycles. The van der Waals surface area contributed by atoms with Crippen LogP contribution in [0.25, 0.3) is 0 Å². The summed E-state index contributed by atoms with van der Waals surface area (Å²) in [5, 5.41) is 2.80. The van der Waals surface area contributed by atoms with Gasteiger partial charge in [0.15, 0.2) is 0 Å². The van der Waals surface area contributed by atoms with E-state index in [0.29, 0.717) is 6.54 Å². The summed E-state index contributed by atoms with van der Waals surface area (Å²) in [6.07, 6.45) is 4.17. The second kappa shape index (κ2) is 7.64. The molecule has 1 aromatic rings. The van der Waals surface area contributed by atoms with E-state index in [1.54, 1.807) is 0 Å². The van der Waals surface area contributed by atoms with E-state index in [2.05, 4.69) is 12.2 Å². The van der Waals surface area contributed by atoms with Gasteiger partial charge in [0.25, 0.3) is 5.56 Å². The molecule has 0 saturated carbocycles. The molecular formula is C13H22N4O3. The highest BCUT2D eigenvalue weighted by Crippen LogP contribution is 1.99. The highest BCUT2D eigenvalue weighted by Gasteiger charge is 2.12. The fourth-order valence-electron chi connectivity index (χ4n) is 1.86. The Morgan fingerprint density at radius 3 is 2.75 bits per heavy atom.